The molecule has 10 rings (SSSR count). The van der Waals surface area contributed by atoms with Gasteiger partial charge in [-0.3, -0.25) is 28.8 Å². The summed E-state index contributed by atoms with van der Waals surface area (Å²) in [6.07, 6.45) is 0. The molecule has 0 aromatic heterocycles. The minimum absolute atomic E-state index is 0.105. The summed E-state index contributed by atoms with van der Waals surface area (Å²) < 4.78 is 101. The Kier molecular flexibility index (Phi) is 18.9. The molecule has 0 unspecified atom stereocenters. The normalized spacial score (nSPS) is 11.1. The van der Waals surface area contributed by atoms with E-state index < -0.39 is 69.3 Å². The fraction of sp³-hybridized carbons (Fsp3) is 0.0833. The van der Waals surface area contributed by atoms with E-state index in [0.29, 0.717) is 31.7 Å². The average Bonchev–Trinajstić information content (AvgIpc) is 0.711. The Balaban J connectivity index is 1.28. The van der Waals surface area contributed by atoms with Crippen LogP contribution in [0.25, 0.3) is 66.8 Å². The third-order valence-electron chi connectivity index (χ3n) is 14.8. The maximum Gasteiger partial charge on any atom is 0.258 e. The summed E-state index contributed by atoms with van der Waals surface area (Å²) in [4.78, 5) is 84.6. The molecule has 0 saturated heterocycles. The topological polar surface area (TPSA) is 112 Å². The van der Waals surface area contributed by atoms with E-state index in [1.165, 1.54) is 166 Å². The summed E-state index contributed by atoms with van der Waals surface area (Å²) in [5, 5.41) is -0.395. The Labute approximate surface area is 527 Å². The molecule has 0 spiro atoms. The molecule has 0 radical (unpaired) electrons. The Hall–Kier alpha value is -9.75. The number of nitrogens with zero attached hydrogens (tertiary/aromatic N) is 3. The van der Waals surface area contributed by atoms with Gasteiger partial charge in [-0.05, 0) is 161 Å². The zero-order valence-corrected chi connectivity index (χ0v) is 51.3. The fourth-order valence-electron chi connectivity index (χ4n) is 10.5. The van der Waals surface area contributed by atoms with Gasteiger partial charge in [0.25, 0.3) is 17.7 Å². The highest BCUT2D eigenvalue weighted by Crippen LogP contribution is 2.57. The van der Waals surface area contributed by atoms with Crippen LogP contribution >= 0.6 is 35.3 Å². The van der Waals surface area contributed by atoms with Crippen LogP contribution in [-0.4, -0.2) is 54.2 Å². The van der Waals surface area contributed by atoms with Crippen molar-refractivity contribution < 1.29 is 55.1 Å². The van der Waals surface area contributed by atoms with E-state index in [2.05, 4.69) is 0 Å². The first kappa shape index (κ1) is 63.3. The van der Waals surface area contributed by atoms with E-state index >= 15 is 26.3 Å². The maximum atomic E-state index is 17.4. The van der Waals surface area contributed by atoms with Gasteiger partial charge in [0.1, 0.15) is 0 Å². The minimum atomic E-state index is -1.43. The van der Waals surface area contributed by atoms with Gasteiger partial charge in [0.2, 0.25) is 0 Å². The number of carbonyl (C=O) groups excluding carboxylic acids is 6. The van der Waals surface area contributed by atoms with Crippen molar-refractivity contribution in [3.8, 4) is 66.8 Å². The first-order chi connectivity index (χ1) is 43.1. The second kappa shape index (κ2) is 26.9. The molecule has 0 aliphatic heterocycles. The molecule has 10 aromatic rings. The SMILES string of the molecule is CC(=O)Sc1ccc(N(C)C(=O)c2ccc(-c3c(-c4cccc(F)c4F)c(-c4ccc(C(=O)N(C)c5ccc(SC(C)=O)cc5)cc4)c(-c4cccc(F)c4F)c(-c4ccc(C(=O)N(C)c5ccc(SC(C)=O)cc5)cc4)c3-c3cccc(F)c3F)cc2)cc1. The molecular weight excluding hydrogens is 1210 g/mol. The molecule has 0 heterocycles. The minimum Gasteiger partial charge on any atom is -0.311 e. The molecule has 0 atom stereocenters. The number of rotatable bonds is 15. The van der Waals surface area contributed by atoms with E-state index in [4.69, 9.17) is 0 Å². The van der Waals surface area contributed by atoms with Crippen molar-refractivity contribution in [2.45, 2.75) is 35.5 Å². The average molecular weight is 1260 g/mol. The number of benzene rings is 10. The molecule has 0 bridgehead atoms. The van der Waals surface area contributed by atoms with Crippen LogP contribution in [-0.2, 0) is 14.4 Å². The molecule has 0 aliphatic rings. The van der Waals surface area contributed by atoms with Crippen LogP contribution in [0.4, 0.5) is 43.4 Å². The van der Waals surface area contributed by atoms with Crippen LogP contribution in [0, 0.1) is 34.9 Å². The van der Waals surface area contributed by atoms with Crippen LogP contribution in [0.15, 0.2) is 215 Å². The second-order valence-corrected chi connectivity index (χ2v) is 24.4. The van der Waals surface area contributed by atoms with Gasteiger partial charge >= 0.3 is 0 Å². The highest BCUT2D eigenvalue weighted by molar-refractivity contribution is 8.14. The molecule has 9 nitrogen and oxygen atoms in total. The van der Waals surface area contributed by atoms with Gasteiger partial charge in [-0.2, -0.15) is 0 Å². The van der Waals surface area contributed by atoms with Crippen LogP contribution in [0.2, 0.25) is 0 Å². The smallest absolute Gasteiger partial charge is 0.258 e. The lowest BCUT2D eigenvalue weighted by Gasteiger charge is -2.29. The summed E-state index contributed by atoms with van der Waals surface area (Å²) in [5.74, 6) is -9.81. The van der Waals surface area contributed by atoms with E-state index in [-0.39, 0.29) is 82.1 Å². The van der Waals surface area contributed by atoms with Gasteiger partial charge in [-0.25, -0.2) is 26.3 Å². The Bertz CT molecular complexity index is 4000. The lowest BCUT2D eigenvalue weighted by atomic mass is 9.73. The van der Waals surface area contributed by atoms with Gasteiger partial charge in [0.05, 0.1) is 0 Å². The van der Waals surface area contributed by atoms with Gasteiger partial charge in [0.15, 0.2) is 50.2 Å². The third-order valence-corrected chi connectivity index (χ3v) is 17.2. The van der Waals surface area contributed by atoms with Crippen molar-refractivity contribution in [1.82, 2.24) is 0 Å². The number of anilines is 3. The van der Waals surface area contributed by atoms with Crippen LogP contribution in [0.3, 0.4) is 0 Å². The van der Waals surface area contributed by atoms with E-state index in [1.54, 1.807) is 72.8 Å². The summed E-state index contributed by atoms with van der Waals surface area (Å²) >= 11 is 3.06. The lowest BCUT2D eigenvalue weighted by molar-refractivity contribution is -0.109. The number of hydrogen-bond donors (Lipinski definition) is 0. The van der Waals surface area contributed by atoms with E-state index in [1.807, 2.05) is 0 Å². The molecule has 0 saturated carbocycles. The second-order valence-electron chi connectivity index (χ2n) is 20.6. The summed E-state index contributed by atoms with van der Waals surface area (Å²) in [5.41, 5.74) is -0.418. The van der Waals surface area contributed by atoms with E-state index in [9.17, 15) is 28.8 Å². The van der Waals surface area contributed by atoms with Crippen molar-refractivity contribution in [2.24, 2.45) is 0 Å². The highest BCUT2D eigenvalue weighted by atomic mass is 32.2. The van der Waals surface area contributed by atoms with Crippen LogP contribution in [0.1, 0.15) is 51.8 Å². The number of hydrogen-bond acceptors (Lipinski definition) is 9. The van der Waals surface area contributed by atoms with Gasteiger partial charge < -0.3 is 14.7 Å². The molecule has 0 N–H and O–H groups in total. The first-order valence-electron chi connectivity index (χ1n) is 27.7. The molecule has 90 heavy (non-hydrogen) atoms. The fourth-order valence-corrected chi connectivity index (χ4v) is 12.3. The molecule has 0 fully saturated rings. The maximum absolute atomic E-state index is 17.4. The number of amides is 3. The monoisotopic (exact) mass is 1260 g/mol. The summed E-state index contributed by atoms with van der Waals surface area (Å²) in [6.45, 7) is 4.29. The summed E-state index contributed by atoms with van der Waals surface area (Å²) in [7, 11) is 4.62. The van der Waals surface area contributed by atoms with Crippen molar-refractivity contribution in [2.75, 3.05) is 35.8 Å². The van der Waals surface area contributed by atoms with E-state index in [0.717, 1.165) is 53.5 Å². The molecular formula is C72H51F6N3O6S3. The Morgan fingerprint density at radius 1 is 0.289 bits per heavy atom. The molecule has 3 amide bonds. The van der Waals surface area contributed by atoms with Gasteiger partial charge in [-0.1, -0.05) is 108 Å². The van der Waals surface area contributed by atoms with Crippen LogP contribution < -0.4 is 14.7 Å². The zero-order chi connectivity index (χ0) is 64.2. The Morgan fingerprint density at radius 3 is 0.722 bits per heavy atom. The third kappa shape index (κ3) is 13.2. The lowest BCUT2D eigenvalue weighted by Crippen LogP contribution is -2.26. The highest BCUT2D eigenvalue weighted by Gasteiger charge is 2.34. The molecule has 10 aromatic carbocycles. The zero-order valence-electron chi connectivity index (χ0n) is 48.8. The van der Waals surface area contributed by atoms with Crippen molar-refractivity contribution in [3.05, 3.63) is 252 Å². The number of carbonyl (C=O) groups is 6. The number of halogens is 6. The molecule has 18 heteroatoms. The number of thioether (sulfide) groups is 3. The van der Waals surface area contributed by atoms with Gasteiger partial charge in [0, 0.05) is 124 Å². The predicted octanol–water partition coefficient (Wildman–Crippen LogP) is 18.3. The molecule has 0 aliphatic carbocycles. The summed E-state index contributed by atoms with van der Waals surface area (Å²) in [6, 6.07) is 47.7. The van der Waals surface area contributed by atoms with Crippen LogP contribution in [0.5, 0.6) is 0 Å². The van der Waals surface area contributed by atoms with Crippen molar-refractivity contribution in [3.63, 3.8) is 0 Å². The Morgan fingerprint density at radius 2 is 0.511 bits per heavy atom. The predicted molar refractivity (Wildman–Crippen MR) is 346 cm³/mol. The quantitative estimate of drug-likeness (QED) is 0.0731. The largest absolute Gasteiger partial charge is 0.311 e. The standard InChI is InChI=1S/C72H51F6N3O6S3/c1-40(82)88-52-34-28-49(29-35-52)79(4)70(85)46-22-16-43(17-23-46)61-64(55-10-7-13-58(73)67(55)76)62(44-18-24-47(25-19-44)71(86)80(5)50-30-36-53(37-31-50)89-41(2)83)66(57-12-9-15-60(75)69(57)78)63(65(61)56-11-8-14-59(74)68(56)77)45-20-26-48(27-21-45)72(87)81(6)51-32-38-54(39-33-51)90-42(3)84/h7-39H,1-6H3. The van der Waals surface area contributed by atoms with Gasteiger partial charge in [-0.15, -0.1) is 0 Å². The van der Waals surface area contributed by atoms with Crippen molar-refractivity contribution in [1.29, 1.82) is 0 Å². The van der Waals surface area contributed by atoms with Crippen molar-refractivity contribution >= 4 is 85.4 Å². The molecule has 450 valence electrons. The first-order valence-corrected chi connectivity index (χ1v) is 30.1.